The van der Waals surface area contributed by atoms with Crippen LogP contribution in [0.2, 0.25) is 0 Å². The number of rotatable bonds is 6. The van der Waals surface area contributed by atoms with E-state index < -0.39 is 0 Å². The Morgan fingerprint density at radius 2 is 1.21 bits per heavy atom. The predicted octanol–water partition coefficient (Wildman–Crippen LogP) is 2.52. The van der Waals surface area contributed by atoms with Crippen molar-refractivity contribution in [2.75, 3.05) is 0 Å². The van der Waals surface area contributed by atoms with Crippen LogP contribution in [0.25, 0.3) is 0 Å². The van der Waals surface area contributed by atoms with Crippen LogP contribution in [0.15, 0.2) is 60.7 Å². The quantitative estimate of drug-likeness (QED) is 0.832. The third-order valence-electron chi connectivity index (χ3n) is 3.47. The molecule has 0 fully saturated rings. The second-order valence-corrected chi connectivity index (χ2v) is 5.04. The smallest absolute Gasteiger partial charge is 0.0233 e. The molecule has 0 heterocycles. The van der Waals surface area contributed by atoms with Crippen LogP contribution in [0, 0.1) is 0 Å². The van der Waals surface area contributed by atoms with E-state index in [4.69, 9.17) is 11.5 Å². The van der Waals surface area contributed by atoms with Gasteiger partial charge in [0.2, 0.25) is 0 Å². The van der Waals surface area contributed by atoms with Crippen LogP contribution in [0.1, 0.15) is 17.5 Å². The molecule has 0 aliphatic rings. The lowest BCUT2D eigenvalue weighted by molar-refractivity contribution is 0.492. The lowest BCUT2D eigenvalue weighted by atomic mass is 9.96. The van der Waals surface area contributed by atoms with E-state index >= 15 is 0 Å². The molecule has 0 aliphatic carbocycles. The fourth-order valence-electron chi connectivity index (χ4n) is 2.23. The lowest BCUT2D eigenvalue weighted by Gasteiger charge is -2.20. The van der Waals surface area contributed by atoms with Crippen LogP contribution >= 0.6 is 0 Å². The molecule has 0 aromatic heterocycles. The Morgan fingerprint density at radius 3 is 1.79 bits per heavy atom. The fraction of sp³-hybridized carbons (Fsp3) is 0.294. The molecule has 2 nitrogen and oxygen atoms in total. The van der Waals surface area contributed by atoms with Gasteiger partial charge < -0.3 is 11.5 Å². The molecule has 2 rings (SSSR count). The van der Waals surface area contributed by atoms with Crippen molar-refractivity contribution < 1.29 is 0 Å². The molecular formula is C17H22N2. The Labute approximate surface area is 115 Å². The zero-order valence-electron chi connectivity index (χ0n) is 11.2. The summed E-state index contributed by atoms with van der Waals surface area (Å²) in [5, 5.41) is 0. The van der Waals surface area contributed by atoms with Gasteiger partial charge in [-0.2, -0.15) is 0 Å². The van der Waals surface area contributed by atoms with Crippen LogP contribution in [-0.2, 0) is 12.8 Å². The van der Waals surface area contributed by atoms with Crippen LogP contribution in [0.3, 0.4) is 0 Å². The van der Waals surface area contributed by atoms with Gasteiger partial charge in [0.1, 0.15) is 0 Å². The molecule has 0 saturated carbocycles. The maximum Gasteiger partial charge on any atom is 0.0233 e. The lowest BCUT2D eigenvalue weighted by Crippen LogP contribution is -2.43. The maximum atomic E-state index is 6.19. The van der Waals surface area contributed by atoms with Crippen LogP contribution in [-0.4, -0.2) is 12.1 Å². The third kappa shape index (κ3) is 4.51. The van der Waals surface area contributed by atoms with Gasteiger partial charge in [-0.15, -0.1) is 0 Å². The van der Waals surface area contributed by atoms with E-state index in [-0.39, 0.29) is 12.1 Å². The van der Waals surface area contributed by atoms with Crippen molar-refractivity contribution in [3.8, 4) is 0 Å². The monoisotopic (exact) mass is 254 g/mol. The highest BCUT2D eigenvalue weighted by molar-refractivity contribution is 5.17. The molecule has 100 valence electrons. The van der Waals surface area contributed by atoms with Gasteiger partial charge in [0, 0.05) is 12.1 Å². The number of aryl methyl sites for hydroxylation is 1. The summed E-state index contributed by atoms with van der Waals surface area (Å²) in [6.07, 6.45) is 2.76. The first-order chi connectivity index (χ1) is 9.25. The first-order valence-electron chi connectivity index (χ1n) is 6.84. The maximum absolute atomic E-state index is 6.19. The van der Waals surface area contributed by atoms with Crippen LogP contribution in [0.5, 0.6) is 0 Å². The van der Waals surface area contributed by atoms with Crippen molar-refractivity contribution in [3.05, 3.63) is 71.8 Å². The molecule has 2 aromatic carbocycles. The molecule has 2 aromatic rings. The zero-order valence-corrected chi connectivity index (χ0v) is 11.2. The second-order valence-electron chi connectivity index (χ2n) is 5.04. The van der Waals surface area contributed by atoms with E-state index in [1.165, 1.54) is 11.1 Å². The summed E-state index contributed by atoms with van der Waals surface area (Å²) in [4.78, 5) is 0. The van der Waals surface area contributed by atoms with Crippen LogP contribution < -0.4 is 11.5 Å². The Bertz CT molecular complexity index is 467. The molecule has 0 spiro atoms. The number of hydrogen-bond acceptors (Lipinski definition) is 2. The van der Waals surface area contributed by atoms with Crippen molar-refractivity contribution in [1.29, 1.82) is 0 Å². The summed E-state index contributed by atoms with van der Waals surface area (Å²) in [5.74, 6) is 0. The fourth-order valence-corrected chi connectivity index (χ4v) is 2.23. The second kappa shape index (κ2) is 7.07. The minimum Gasteiger partial charge on any atom is -0.326 e. The average molecular weight is 254 g/mol. The predicted molar refractivity (Wildman–Crippen MR) is 80.9 cm³/mol. The van der Waals surface area contributed by atoms with Gasteiger partial charge in [-0.3, -0.25) is 0 Å². The Morgan fingerprint density at radius 1 is 0.684 bits per heavy atom. The van der Waals surface area contributed by atoms with E-state index in [1.54, 1.807) is 0 Å². The molecule has 0 amide bonds. The Hall–Kier alpha value is -1.64. The van der Waals surface area contributed by atoms with Crippen LogP contribution in [0.4, 0.5) is 0 Å². The minimum absolute atomic E-state index is 0.0195. The highest BCUT2D eigenvalue weighted by Gasteiger charge is 2.13. The summed E-state index contributed by atoms with van der Waals surface area (Å²) in [5.41, 5.74) is 15.0. The van der Waals surface area contributed by atoms with E-state index in [1.807, 2.05) is 24.3 Å². The topological polar surface area (TPSA) is 52.0 Å². The van der Waals surface area contributed by atoms with Gasteiger partial charge in [0.15, 0.2) is 0 Å². The Kier molecular flexibility index (Phi) is 5.13. The first-order valence-corrected chi connectivity index (χ1v) is 6.84. The minimum atomic E-state index is 0.0195. The van der Waals surface area contributed by atoms with Gasteiger partial charge in [0.25, 0.3) is 0 Å². The molecule has 0 bridgehead atoms. The number of hydrogen-bond donors (Lipinski definition) is 2. The largest absolute Gasteiger partial charge is 0.326 e. The number of benzene rings is 2. The van der Waals surface area contributed by atoms with Crippen molar-refractivity contribution in [3.63, 3.8) is 0 Å². The van der Waals surface area contributed by atoms with E-state index in [0.29, 0.717) is 0 Å². The molecular weight excluding hydrogens is 232 g/mol. The Balaban J connectivity index is 1.81. The van der Waals surface area contributed by atoms with E-state index in [2.05, 4.69) is 36.4 Å². The van der Waals surface area contributed by atoms with Crippen molar-refractivity contribution in [1.82, 2.24) is 0 Å². The molecule has 2 unspecified atom stereocenters. The molecule has 2 heteroatoms. The normalized spacial score (nSPS) is 14.0. The summed E-state index contributed by atoms with van der Waals surface area (Å²) in [6.45, 7) is 0. The average Bonchev–Trinajstić information content (AvgIpc) is 2.47. The van der Waals surface area contributed by atoms with Crippen molar-refractivity contribution in [2.24, 2.45) is 11.5 Å². The SMILES string of the molecule is NC(CCc1ccccc1)C(N)Cc1ccccc1. The van der Waals surface area contributed by atoms with Gasteiger partial charge in [0.05, 0.1) is 0 Å². The van der Waals surface area contributed by atoms with Gasteiger partial charge in [-0.05, 0) is 30.4 Å². The van der Waals surface area contributed by atoms with Gasteiger partial charge in [-0.25, -0.2) is 0 Å². The van der Waals surface area contributed by atoms with E-state index in [0.717, 1.165) is 19.3 Å². The molecule has 2 atom stereocenters. The third-order valence-corrected chi connectivity index (χ3v) is 3.47. The molecule has 0 radical (unpaired) electrons. The van der Waals surface area contributed by atoms with Crippen molar-refractivity contribution >= 4 is 0 Å². The summed E-state index contributed by atoms with van der Waals surface area (Å²) < 4.78 is 0. The molecule has 0 aliphatic heterocycles. The summed E-state index contributed by atoms with van der Waals surface area (Å²) in [7, 11) is 0. The zero-order chi connectivity index (χ0) is 13.5. The first kappa shape index (κ1) is 13.8. The molecule has 4 N–H and O–H groups in total. The van der Waals surface area contributed by atoms with Gasteiger partial charge >= 0.3 is 0 Å². The standard InChI is InChI=1S/C17H22N2/c18-16(12-11-14-7-3-1-4-8-14)17(19)13-15-9-5-2-6-10-15/h1-10,16-17H,11-13,18-19H2. The molecule has 19 heavy (non-hydrogen) atoms. The molecule has 0 saturated heterocycles. The highest BCUT2D eigenvalue weighted by Crippen LogP contribution is 2.09. The van der Waals surface area contributed by atoms with Crippen molar-refractivity contribution in [2.45, 2.75) is 31.3 Å². The summed E-state index contributed by atoms with van der Waals surface area (Å²) in [6, 6.07) is 20.8. The van der Waals surface area contributed by atoms with E-state index in [9.17, 15) is 0 Å². The number of nitrogens with two attached hydrogens (primary N) is 2. The summed E-state index contributed by atoms with van der Waals surface area (Å²) >= 11 is 0. The van der Waals surface area contributed by atoms with Gasteiger partial charge in [-0.1, -0.05) is 60.7 Å². The highest BCUT2D eigenvalue weighted by atomic mass is 14.8.